The van der Waals surface area contributed by atoms with Crippen molar-refractivity contribution in [3.63, 3.8) is 0 Å². The molecule has 0 spiro atoms. The lowest BCUT2D eigenvalue weighted by molar-refractivity contribution is -0.136. The first-order chi connectivity index (χ1) is 16.5. The lowest BCUT2D eigenvalue weighted by Crippen LogP contribution is -2.43. The highest BCUT2D eigenvalue weighted by Gasteiger charge is 2.39. The molecule has 36 heavy (non-hydrogen) atoms. The molecule has 0 aliphatic carbocycles. The molecule has 0 aliphatic rings. The fourth-order valence-corrected chi connectivity index (χ4v) is 5.17. The van der Waals surface area contributed by atoms with Crippen molar-refractivity contribution in [1.29, 1.82) is 0 Å². The van der Waals surface area contributed by atoms with Gasteiger partial charge in [0.2, 0.25) is 5.75 Å². The molecule has 0 saturated heterocycles. The number of ether oxygens (including phenoxy) is 3. The summed E-state index contributed by atoms with van der Waals surface area (Å²) in [6.45, 7) is 17.6. The summed E-state index contributed by atoms with van der Waals surface area (Å²) in [5.74, 6) is 3.04. The number of ketones is 1. The first-order valence-electron chi connectivity index (χ1n) is 12.2. The molecule has 0 aromatic heterocycles. The number of rotatable bonds is 12. The number of benzene rings is 1. The van der Waals surface area contributed by atoms with E-state index < -0.39 is 22.4 Å². The van der Waals surface area contributed by atoms with Crippen LogP contribution in [-0.4, -0.2) is 60.7 Å². The third-order valence-corrected chi connectivity index (χ3v) is 11.7. The third kappa shape index (κ3) is 8.98. The van der Waals surface area contributed by atoms with Gasteiger partial charge in [-0.3, -0.25) is 9.59 Å². The van der Waals surface area contributed by atoms with Gasteiger partial charge in [0.05, 0.1) is 33.3 Å². The third-order valence-electron chi connectivity index (χ3n) is 6.28. The number of hydrogen-bond acceptors (Lipinski definition) is 6. The number of aryl methyl sites for hydroxylation is 1. The lowest BCUT2D eigenvalue weighted by atomic mass is 9.94. The predicted octanol–water partition coefficient (Wildman–Crippen LogP) is 5.96. The quantitative estimate of drug-likeness (QED) is 0.200. The number of carbonyl (C=O) groups is 2. The highest BCUT2D eigenvalue weighted by molar-refractivity contribution is 6.83. The Bertz CT molecular complexity index is 993. The zero-order chi connectivity index (χ0) is 27.9. The van der Waals surface area contributed by atoms with Gasteiger partial charge >= 0.3 is 5.97 Å². The number of methoxy groups -OCH3 is 3. The van der Waals surface area contributed by atoms with E-state index in [0.717, 1.165) is 0 Å². The fourth-order valence-electron chi connectivity index (χ4n) is 3.33. The minimum absolute atomic E-state index is 0.0244. The Hall–Kier alpha value is -2.29. The molecule has 9 heteroatoms. The molecule has 0 aliphatic heterocycles. The lowest BCUT2D eigenvalue weighted by Gasteiger charge is -2.38. The van der Waals surface area contributed by atoms with Crippen LogP contribution in [0.1, 0.15) is 56.0 Å². The maximum atomic E-state index is 13.2. The van der Waals surface area contributed by atoms with Crippen molar-refractivity contribution < 1.29 is 33.3 Å². The van der Waals surface area contributed by atoms with Gasteiger partial charge in [0.15, 0.2) is 25.6 Å². The molecule has 1 rings (SSSR count). The minimum atomic E-state index is -2.10. The van der Waals surface area contributed by atoms with Gasteiger partial charge in [0, 0.05) is 6.42 Å². The molecule has 0 heterocycles. The van der Waals surface area contributed by atoms with Gasteiger partial charge in [0.25, 0.3) is 0 Å². The van der Waals surface area contributed by atoms with Crippen LogP contribution >= 0.6 is 0 Å². The molecule has 0 radical (unpaired) electrons. The van der Waals surface area contributed by atoms with Crippen molar-refractivity contribution in [2.45, 2.75) is 90.3 Å². The molecule has 0 saturated carbocycles. The van der Waals surface area contributed by atoms with Crippen molar-refractivity contribution in [2.24, 2.45) is 0 Å². The Kier molecular flexibility index (Phi) is 11.3. The normalized spacial score (nSPS) is 12.9. The van der Waals surface area contributed by atoms with E-state index in [1.54, 1.807) is 6.07 Å². The first-order valence-corrected chi connectivity index (χ1v) is 18.7. The van der Waals surface area contributed by atoms with Crippen LogP contribution in [0.15, 0.2) is 6.07 Å². The minimum Gasteiger partial charge on any atom is -0.493 e. The van der Waals surface area contributed by atoms with E-state index in [0.29, 0.717) is 35.5 Å². The standard InChI is InChI=1S/C27H44O7Si2/c1-27(2,3)36(10,11)34-20(16-17-35(7,8)9)13-12-19-18-22(31-4)25(32-5)26(33-6)24(19)21(28)14-15-23(29)30/h18,20H,12-15H2,1-11H3,(H,29,30)/t20-/m1/s1. The van der Waals surface area contributed by atoms with Gasteiger partial charge in [-0.25, -0.2) is 0 Å². The van der Waals surface area contributed by atoms with Crippen LogP contribution in [0.4, 0.5) is 0 Å². The average Bonchev–Trinajstić information content (AvgIpc) is 2.76. The molecule has 0 unspecified atom stereocenters. The van der Waals surface area contributed by atoms with Crippen molar-refractivity contribution >= 4 is 28.1 Å². The summed E-state index contributed by atoms with van der Waals surface area (Å²) in [6.07, 6.45) is 0.340. The molecular formula is C27H44O7Si2. The van der Waals surface area contributed by atoms with Gasteiger partial charge in [-0.15, -0.1) is 5.54 Å². The van der Waals surface area contributed by atoms with E-state index in [9.17, 15) is 9.59 Å². The van der Waals surface area contributed by atoms with E-state index in [2.05, 4.69) is 65.0 Å². The highest BCUT2D eigenvalue weighted by atomic mass is 28.4. The summed E-state index contributed by atoms with van der Waals surface area (Å²) >= 11 is 0. The topological polar surface area (TPSA) is 91.3 Å². The van der Waals surface area contributed by atoms with Crippen LogP contribution in [-0.2, 0) is 15.6 Å². The van der Waals surface area contributed by atoms with E-state index >= 15 is 0 Å². The van der Waals surface area contributed by atoms with Crippen LogP contribution in [0.25, 0.3) is 0 Å². The average molecular weight is 537 g/mol. The van der Waals surface area contributed by atoms with E-state index in [-0.39, 0.29) is 35.5 Å². The molecule has 0 bridgehead atoms. The first kappa shape index (κ1) is 31.7. The monoisotopic (exact) mass is 536 g/mol. The Morgan fingerprint density at radius 2 is 1.56 bits per heavy atom. The van der Waals surface area contributed by atoms with Crippen molar-refractivity contribution in [2.75, 3.05) is 21.3 Å². The second-order valence-electron chi connectivity index (χ2n) is 11.4. The molecule has 0 amide bonds. The van der Waals surface area contributed by atoms with Gasteiger partial charge in [0.1, 0.15) is 14.2 Å². The van der Waals surface area contributed by atoms with Gasteiger partial charge < -0.3 is 23.7 Å². The summed E-state index contributed by atoms with van der Waals surface area (Å²) in [5, 5.41) is 9.13. The van der Waals surface area contributed by atoms with Crippen LogP contribution < -0.4 is 14.2 Å². The number of carbonyl (C=O) groups excluding carboxylic acids is 1. The van der Waals surface area contributed by atoms with E-state index in [4.69, 9.17) is 23.7 Å². The maximum absolute atomic E-state index is 13.2. The number of aliphatic carboxylic acids is 1. The zero-order valence-electron chi connectivity index (χ0n) is 23.9. The Labute approximate surface area is 219 Å². The largest absolute Gasteiger partial charge is 0.493 e. The molecule has 1 aromatic rings. The Morgan fingerprint density at radius 3 is 2.00 bits per heavy atom. The number of Topliss-reactive ketones (excluding diaryl/α,β-unsaturated/α-hetero) is 1. The summed E-state index contributed by atoms with van der Waals surface area (Å²) < 4.78 is 23.3. The molecular weight excluding hydrogens is 492 g/mol. The van der Waals surface area contributed by atoms with Crippen LogP contribution in [0, 0.1) is 11.5 Å². The Balaban J connectivity index is 3.54. The van der Waals surface area contributed by atoms with Gasteiger partial charge in [-0.1, -0.05) is 46.3 Å². The SMILES string of the molecule is COc1cc(CC[C@H](C#C[Si](C)(C)C)O[Si](C)(C)C(C)(C)C)c(C(=O)CCC(=O)O)c(OC)c1OC. The highest BCUT2D eigenvalue weighted by Crippen LogP contribution is 2.43. The van der Waals surface area contributed by atoms with Crippen LogP contribution in [0.3, 0.4) is 0 Å². The number of hydrogen-bond donors (Lipinski definition) is 1. The predicted molar refractivity (Wildman–Crippen MR) is 149 cm³/mol. The molecule has 0 fully saturated rings. The van der Waals surface area contributed by atoms with Crippen molar-refractivity contribution in [1.82, 2.24) is 0 Å². The van der Waals surface area contributed by atoms with Crippen LogP contribution in [0.5, 0.6) is 17.2 Å². The smallest absolute Gasteiger partial charge is 0.303 e. The second-order valence-corrected chi connectivity index (χ2v) is 20.9. The summed E-state index contributed by atoms with van der Waals surface area (Å²) in [6, 6.07) is 1.77. The molecule has 1 aromatic carbocycles. The molecule has 7 nitrogen and oxygen atoms in total. The zero-order valence-corrected chi connectivity index (χ0v) is 25.9. The molecule has 202 valence electrons. The van der Waals surface area contributed by atoms with Gasteiger partial charge in [-0.05, 0) is 42.6 Å². The van der Waals surface area contributed by atoms with E-state index in [1.165, 1.54) is 21.3 Å². The van der Waals surface area contributed by atoms with Crippen molar-refractivity contribution in [3.05, 3.63) is 17.2 Å². The van der Waals surface area contributed by atoms with Crippen LogP contribution in [0.2, 0.25) is 37.8 Å². The Morgan fingerprint density at radius 1 is 0.972 bits per heavy atom. The van der Waals surface area contributed by atoms with E-state index in [1.807, 2.05) is 0 Å². The fraction of sp³-hybridized carbons (Fsp3) is 0.630. The van der Waals surface area contributed by atoms with Crippen molar-refractivity contribution in [3.8, 4) is 28.7 Å². The maximum Gasteiger partial charge on any atom is 0.303 e. The number of carboxylic acid groups (broad SMARTS) is 1. The molecule has 1 N–H and O–H groups in total. The molecule has 1 atom stereocenters. The number of carboxylic acids is 1. The summed E-state index contributed by atoms with van der Waals surface area (Å²) in [5.41, 5.74) is 4.46. The van der Waals surface area contributed by atoms with Gasteiger partial charge in [-0.2, -0.15) is 0 Å². The summed E-state index contributed by atoms with van der Waals surface area (Å²) in [4.78, 5) is 24.3. The second kappa shape index (κ2) is 12.8. The summed E-state index contributed by atoms with van der Waals surface area (Å²) in [7, 11) is 0.717.